The monoisotopic (exact) mass is 224 g/mol. The Balaban J connectivity index is 0.00000196. The normalized spacial score (nSPS) is 8.20. The van der Waals surface area contributed by atoms with Crippen LogP contribution in [0.1, 0.15) is 10.4 Å². The van der Waals surface area contributed by atoms with E-state index in [0.717, 1.165) is 0 Å². The Morgan fingerprint density at radius 3 is 2.80 bits per heavy atom. The van der Waals surface area contributed by atoms with E-state index in [4.69, 9.17) is 10.1 Å². The zero-order chi connectivity index (χ0) is 10.4. The Morgan fingerprint density at radius 2 is 2.20 bits per heavy atom. The second-order valence-electron chi connectivity index (χ2n) is 2.50. The van der Waals surface area contributed by atoms with Crippen LogP contribution >= 0.6 is 0 Å². The summed E-state index contributed by atoms with van der Waals surface area (Å²) in [6.07, 6.45) is 1.47. The van der Waals surface area contributed by atoms with Crippen molar-refractivity contribution < 1.29 is 21.9 Å². The summed E-state index contributed by atoms with van der Waals surface area (Å²) in [5, 5.41) is 8.59. The molecule has 1 aromatic rings. The lowest BCUT2D eigenvalue weighted by atomic mass is 10.2. The number of rotatable bonds is 3. The lowest BCUT2D eigenvalue weighted by molar-refractivity contribution is -0.0000198. The van der Waals surface area contributed by atoms with Crippen molar-refractivity contribution in [3.05, 3.63) is 47.5 Å². The molecule has 0 saturated heterocycles. The molecule has 0 amide bonds. The van der Waals surface area contributed by atoms with Crippen LogP contribution in [0.4, 0.5) is 5.69 Å². The smallest absolute Gasteiger partial charge is 0.399 e. The van der Waals surface area contributed by atoms with E-state index in [1.807, 2.05) is 0 Å². The van der Waals surface area contributed by atoms with Crippen molar-refractivity contribution in [3.63, 3.8) is 0 Å². The highest BCUT2D eigenvalue weighted by Crippen LogP contribution is 2.18. The van der Waals surface area contributed by atoms with Gasteiger partial charge in [0.25, 0.3) is 0 Å². The zero-order valence-electron chi connectivity index (χ0n) is 7.89. The molecule has 0 aromatic heterocycles. The van der Waals surface area contributed by atoms with Gasteiger partial charge in [0, 0.05) is 6.07 Å². The van der Waals surface area contributed by atoms with Crippen LogP contribution in [-0.4, -0.2) is 12.6 Å². The Bertz CT molecular complexity index is 399. The number of carbonyl (C=O) groups is 1. The quantitative estimate of drug-likeness (QED) is 0.396. The van der Waals surface area contributed by atoms with Crippen LogP contribution in [0.2, 0.25) is 0 Å². The molecule has 0 saturated carbocycles. The van der Waals surface area contributed by atoms with Crippen LogP contribution in [0.3, 0.4) is 0 Å². The topological polar surface area (TPSA) is 54.5 Å². The van der Waals surface area contributed by atoms with Gasteiger partial charge in [0.2, 0.25) is 5.39 Å². The Labute approximate surface area is 93.6 Å². The number of nitrogens with zero attached hydrogens (tertiary/aromatic N) is 2. The van der Waals surface area contributed by atoms with E-state index in [1.54, 1.807) is 12.1 Å². The predicted molar refractivity (Wildman–Crippen MR) is 51.7 cm³/mol. The fourth-order valence-corrected chi connectivity index (χ4v) is 0.946. The van der Waals surface area contributed by atoms with Crippen molar-refractivity contribution in [3.8, 4) is 0 Å². The highest BCUT2D eigenvalue weighted by atomic mass is 35.5. The molecule has 0 atom stereocenters. The van der Waals surface area contributed by atoms with Gasteiger partial charge >= 0.3 is 11.7 Å². The summed E-state index contributed by atoms with van der Waals surface area (Å²) in [5.74, 6) is -0.529. The second kappa shape index (κ2) is 6.57. The number of ether oxygens (including phenoxy) is 1. The van der Waals surface area contributed by atoms with Crippen LogP contribution in [0.15, 0.2) is 36.9 Å². The van der Waals surface area contributed by atoms with Gasteiger partial charge in [-0.05, 0) is 6.07 Å². The number of hydrogen-bond acceptors (Lipinski definition) is 3. The number of benzene rings is 1. The molecule has 15 heavy (non-hydrogen) atoms. The number of carbonyl (C=O) groups excluding carboxylic acids is 1. The molecule has 0 spiro atoms. The zero-order valence-corrected chi connectivity index (χ0v) is 8.65. The first-order valence-electron chi connectivity index (χ1n) is 4.01. The molecular formula is C10H9ClN2O2. The lowest BCUT2D eigenvalue weighted by Gasteiger charge is -1.98. The molecule has 0 radical (unpaired) electrons. The van der Waals surface area contributed by atoms with E-state index < -0.39 is 5.97 Å². The average molecular weight is 225 g/mol. The van der Waals surface area contributed by atoms with Crippen LogP contribution < -0.4 is 12.4 Å². The standard InChI is InChI=1S/C10H9N2O2.ClH/c1-2-7-14-10(13)8-5-3-4-6-9(8)12-11;/h2-6H,1,7H2;1H/q+1;/p-1. The predicted octanol–water partition coefficient (Wildman–Crippen LogP) is -0.482. The molecule has 0 fully saturated rings. The molecule has 0 heterocycles. The van der Waals surface area contributed by atoms with Crippen LogP contribution in [0, 0.1) is 5.39 Å². The second-order valence-corrected chi connectivity index (χ2v) is 2.50. The largest absolute Gasteiger partial charge is 1.00 e. The van der Waals surface area contributed by atoms with Gasteiger partial charge < -0.3 is 17.1 Å². The number of esters is 1. The van der Waals surface area contributed by atoms with Crippen molar-refractivity contribution in [1.82, 2.24) is 0 Å². The summed E-state index contributed by atoms with van der Waals surface area (Å²) in [5.41, 5.74) is 0.429. The number of halogens is 1. The third kappa shape index (κ3) is 3.41. The van der Waals surface area contributed by atoms with Crippen LogP contribution in [0.25, 0.3) is 4.98 Å². The highest BCUT2D eigenvalue weighted by Gasteiger charge is 2.20. The summed E-state index contributed by atoms with van der Waals surface area (Å²) in [4.78, 5) is 14.3. The minimum atomic E-state index is -0.529. The van der Waals surface area contributed by atoms with Gasteiger partial charge in [0.05, 0.1) is 0 Å². The molecular weight excluding hydrogens is 216 g/mol. The Morgan fingerprint density at radius 1 is 1.53 bits per heavy atom. The van der Waals surface area contributed by atoms with E-state index in [-0.39, 0.29) is 30.3 Å². The molecule has 0 aliphatic rings. The molecule has 4 nitrogen and oxygen atoms in total. The maximum absolute atomic E-state index is 11.3. The fourth-order valence-electron chi connectivity index (χ4n) is 0.946. The molecule has 1 rings (SSSR count). The third-order valence-corrected chi connectivity index (χ3v) is 1.56. The van der Waals surface area contributed by atoms with E-state index in [2.05, 4.69) is 11.6 Å². The molecule has 5 heteroatoms. The Hall–Kier alpha value is -1.86. The molecule has 78 valence electrons. The third-order valence-electron chi connectivity index (χ3n) is 1.56. The molecule has 0 aliphatic carbocycles. The van der Waals surface area contributed by atoms with Gasteiger partial charge in [-0.15, -0.1) is 0 Å². The SMILES string of the molecule is C=CCOC(=O)c1ccccc1[N+]#N.[Cl-]. The summed E-state index contributed by atoms with van der Waals surface area (Å²) in [6.45, 7) is 3.56. The van der Waals surface area contributed by atoms with Gasteiger partial charge in [-0.25, -0.2) is 4.79 Å². The average Bonchev–Trinajstić information content (AvgIpc) is 2.25. The molecule has 0 bridgehead atoms. The van der Waals surface area contributed by atoms with Gasteiger partial charge in [-0.3, -0.25) is 0 Å². The van der Waals surface area contributed by atoms with Crippen molar-refractivity contribution >= 4 is 11.7 Å². The lowest BCUT2D eigenvalue weighted by Crippen LogP contribution is -3.00. The van der Waals surface area contributed by atoms with Crippen molar-refractivity contribution in [2.24, 2.45) is 0 Å². The number of hydrogen-bond donors (Lipinski definition) is 0. The van der Waals surface area contributed by atoms with Gasteiger partial charge in [0.1, 0.15) is 6.61 Å². The van der Waals surface area contributed by atoms with Gasteiger partial charge in [0.15, 0.2) is 10.5 Å². The number of diazo groups is 1. The van der Waals surface area contributed by atoms with E-state index in [1.165, 1.54) is 18.2 Å². The maximum atomic E-state index is 11.3. The summed E-state index contributed by atoms with van der Waals surface area (Å²) in [7, 11) is 0. The molecule has 1 aromatic carbocycles. The first kappa shape index (κ1) is 13.1. The minimum absolute atomic E-state index is 0. The highest BCUT2D eigenvalue weighted by molar-refractivity contribution is 5.95. The fraction of sp³-hybridized carbons (Fsp3) is 0.100. The van der Waals surface area contributed by atoms with Crippen molar-refractivity contribution in [2.75, 3.05) is 6.61 Å². The van der Waals surface area contributed by atoms with Crippen LogP contribution in [-0.2, 0) is 4.74 Å². The minimum Gasteiger partial charge on any atom is -1.00 e. The van der Waals surface area contributed by atoms with Crippen molar-refractivity contribution in [2.45, 2.75) is 0 Å². The van der Waals surface area contributed by atoms with Gasteiger partial charge in [-0.1, -0.05) is 24.8 Å². The van der Waals surface area contributed by atoms with Crippen LogP contribution in [0.5, 0.6) is 0 Å². The first-order chi connectivity index (χ1) is 6.79. The summed E-state index contributed by atoms with van der Waals surface area (Å²) >= 11 is 0. The summed E-state index contributed by atoms with van der Waals surface area (Å²) in [6, 6.07) is 6.38. The molecule has 0 unspecified atom stereocenters. The molecule has 0 N–H and O–H groups in total. The van der Waals surface area contributed by atoms with Crippen molar-refractivity contribution in [1.29, 1.82) is 5.39 Å². The van der Waals surface area contributed by atoms with Gasteiger partial charge in [-0.2, -0.15) is 0 Å². The summed E-state index contributed by atoms with van der Waals surface area (Å²) < 4.78 is 4.79. The van der Waals surface area contributed by atoms with E-state index in [9.17, 15) is 4.79 Å². The maximum Gasteiger partial charge on any atom is 0.399 e. The van der Waals surface area contributed by atoms with E-state index >= 15 is 0 Å². The molecule has 0 aliphatic heterocycles. The Kier molecular flexibility index (Phi) is 5.76. The first-order valence-corrected chi connectivity index (χ1v) is 4.01. The van der Waals surface area contributed by atoms with E-state index in [0.29, 0.717) is 0 Å².